The number of carbonyl (C=O) groups is 1. The van der Waals surface area contributed by atoms with Crippen LogP contribution in [0.2, 0.25) is 0 Å². The summed E-state index contributed by atoms with van der Waals surface area (Å²) < 4.78 is 5.33. The fraction of sp³-hybridized carbons (Fsp3) is 0.500. The highest BCUT2D eigenvalue weighted by Crippen LogP contribution is 2.55. The van der Waals surface area contributed by atoms with Crippen molar-refractivity contribution in [3.63, 3.8) is 0 Å². The maximum Gasteiger partial charge on any atom is 0.250 e. The standard InChI is InChI=1S/C28H35N3O2/c1-19(2)13-25-22-14-23-18-31(17-21-9-11-24(33-3)12-10-21)26(25)28(23,30-16-22)27(32)29-15-20-7-5-4-6-8-20/h4-12,16,19,22-23,25-26H,13-15,17-18H2,1-3H3,(H,29,32)/t22-,23-,25+,26-,28-/m0/s1. The molecule has 1 aliphatic carbocycles. The predicted molar refractivity (Wildman–Crippen MR) is 131 cm³/mol. The molecule has 6 rings (SSSR count). The van der Waals surface area contributed by atoms with Gasteiger partial charge in [0.25, 0.3) is 0 Å². The highest BCUT2D eigenvalue weighted by atomic mass is 16.5. The molecule has 2 aromatic rings. The Hall–Kier alpha value is -2.66. The summed E-state index contributed by atoms with van der Waals surface area (Å²) in [6.07, 6.45) is 4.31. The van der Waals surface area contributed by atoms with Gasteiger partial charge in [0.1, 0.15) is 5.75 Å². The Labute approximate surface area is 197 Å². The number of hydrogen-bond donors (Lipinski definition) is 1. The number of hydrogen-bond acceptors (Lipinski definition) is 4. The molecule has 0 aromatic heterocycles. The number of ether oxygens (including phenoxy) is 1. The van der Waals surface area contributed by atoms with Crippen molar-refractivity contribution in [2.24, 2.45) is 28.7 Å². The van der Waals surface area contributed by atoms with E-state index in [0.717, 1.165) is 37.2 Å². The fourth-order valence-electron chi connectivity index (χ4n) is 6.49. The van der Waals surface area contributed by atoms with Crippen LogP contribution in [0.4, 0.5) is 0 Å². The van der Waals surface area contributed by atoms with Crippen LogP contribution in [0.5, 0.6) is 5.75 Å². The molecule has 5 heteroatoms. The van der Waals surface area contributed by atoms with Crippen molar-refractivity contribution in [2.45, 2.75) is 51.4 Å². The minimum absolute atomic E-state index is 0.0988. The number of amides is 1. The van der Waals surface area contributed by atoms with Crippen LogP contribution in [-0.2, 0) is 17.9 Å². The molecule has 3 aliphatic heterocycles. The van der Waals surface area contributed by atoms with Gasteiger partial charge in [0.2, 0.25) is 5.91 Å². The van der Waals surface area contributed by atoms with Crippen LogP contribution in [0.25, 0.3) is 0 Å². The first-order valence-corrected chi connectivity index (χ1v) is 12.3. The van der Waals surface area contributed by atoms with Crippen LogP contribution in [0, 0.1) is 23.7 Å². The number of benzene rings is 2. The second-order valence-corrected chi connectivity index (χ2v) is 10.4. The van der Waals surface area contributed by atoms with Crippen molar-refractivity contribution in [2.75, 3.05) is 13.7 Å². The van der Waals surface area contributed by atoms with Gasteiger partial charge in [0.15, 0.2) is 5.54 Å². The molecule has 5 nitrogen and oxygen atoms in total. The molecule has 5 atom stereocenters. The molecular formula is C28H35N3O2. The number of likely N-dealkylation sites (tertiary alicyclic amines) is 1. The van der Waals surface area contributed by atoms with Crippen LogP contribution >= 0.6 is 0 Å². The second kappa shape index (κ2) is 8.94. The van der Waals surface area contributed by atoms with Crippen molar-refractivity contribution >= 4 is 12.1 Å². The molecule has 0 unspecified atom stereocenters. The summed E-state index contributed by atoms with van der Waals surface area (Å²) in [5.41, 5.74) is 1.71. The van der Waals surface area contributed by atoms with Crippen molar-refractivity contribution in [1.82, 2.24) is 10.2 Å². The molecule has 1 saturated heterocycles. The van der Waals surface area contributed by atoms with E-state index in [-0.39, 0.29) is 17.9 Å². The summed E-state index contributed by atoms with van der Waals surface area (Å²) in [5, 5.41) is 3.26. The Bertz CT molecular complexity index is 1000. The van der Waals surface area contributed by atoms with E-state index in [2.05, 4.69) is 54.5 Å². The molecule has 3 heterocycles. The molecule has 33 heavy (non-hydrogen) atoms. The van der Waals surface area contributed by atoms with E-state index in [1.165, 1.54) is 5.56 Å². The zero-order valence-corrected chi connectivity index (χ0v) is 19.9. The van der Waals surface area contributed by atoms with E-state index in [9.17, 15) is 4.79 Å². The smallest absolute Gasteiger partial charge is 0.250 e. The van der Waals surface area contributed by atoms with E-state index < -0.39 is 5.54 Å². The Morgan fingerprint density at radius 2 is 1.91 bits per heavy atom. The van der Waals surface area contributed by atoms with Crippen molar-refractivity contribution < 1.29 is 9.53 Å². The predicted octanol–water partition coefficient (Wildman–Crippen LogP) is 4.32. The average Bonchev–Trinajstić information content (AvgIpc) is 3.09. The van der Waals surface area contributed by atoms with Gasteiger partial charge in [-0.25, -0.2) is 0 Å². The third kappa shape index (κ3) is 3.97. The molecule has 2 fully saturated rings. The summed E-state index contributed by atoms with van der Waals surface area (Å²) in [6.45, 7) is 6.91. The first-order valence-electron chi connectivity index (χ1n) is 12.3. The van der Waals surface area contributed by atoms with E-state index in [1.54, 1.807) is 7.11 Å². The SMILES string of the molecule is COc1ccc(CN2C[C@@H]3C[C@H]4C=N[C@]3(C(=O)NCc3ccccc3)[C@@H]2[C@@H]4CC(C)C)cc1. The molecular weight excluding hydrogens is 410 g/mol. The molecule has 4 bridgehead atoms. The Kier molecular flexibility index (Phi) is 6.00. The summed E-state index contributed by atoms with van der Waals surface area (Å²) in [7, 11) is 1.70. The van der Waals surface area contributed by atoms with Gasteiger partial charge in [-0.1, -0.05) is 56.3 Å². The number of rotatable bonds is 8. The maximum atomic E-state index is 13.9. The van der Waals surface area contributed by atoms with Crippen LogP contribution < -0.4 is 10.1 Å². The Balaban J connectivity index is 1.43. The highest BCUT2D eigenvalue weighted by molar-refractivity contribution is 5.92. The number of nitrogens with zero attached hydrogens (tertiary/aromatic N) is 2. The van der Waals surface area contributed by atoms with E-state index in [0.29, 0.717) is 24.3 Å². The average molecular weight is 446 g/mol. The summed E-state index contributed by atoms with van der Waals surface area (Å²) in [4.78, 5) is 21.5. The molecule has 0 spiro atoms. The van der Waals surface area contributed by atoms with E-state index >= 15 is 0 Å². The lowest BCUT2D eigenvalue weighted by Gasteiger charge is -2.51. The van der Waals surface area contributed by atoms with Gasteiger partial charge < -0.3 is 10.1 Å². The second-order valence-electron chi connectivity index (χ2n) is 10.4. The molecule has 4 aliphatic rings. The summed E-state index contributed by atoms with van der Waals surface area (Å²) in [5.74, 6) is 2.77. The summed E-state index contributed by atoms with van der Waals surface area (Å²) in [6, 6.07) is 18.6. The molecule has 2 aromatic carbocycles. The third-order valence-corrected chi connectivity index (χ3v) is 7.86. The lowest BCUT2D eigenvalue weighted by molar-refractivity contribution is -0.132. The fourth-order valence-corrected chi connectivity index (χ4v) is 6.49. The van der Waals surface area contributed by atoms with Gasteiger partial charge in [-0.2, -0.15) is 0 Å². The minimum Gasteiger partial charge on any atom is -0.497 e. The molecule has 1 saturated carbocycles. The van der Waals surface area contributed by atoms with Gasteiger partial charge >= 0.3 is 0 Å². The molecule has 1 N–H and O–H groups in total. The highest BCUT2D eigenvalue weighted by Gasteiger charge is 2.67. The first kappa shape index (κ1) is 22.1. The number of aliphatic imine (C=N–C) groups is 1. The maximum absolute atomic E-state index is 13.9. The van der Waals surface area contributed by atoms with Crippen molar-refractivity contribution in [3.8, 4) is 5.75 Å². The zero-order valence-electron chi connectivity index (χ0n) is 19.9. The Morgan fingerprint density at radius 3 is 2.61 bits per heavy atom. The first-order chi connectivity index (χ1) is 16.0. The lowest BCUT2D eigenvalue weighted by Crippen LogP contribution is -2.65. The normalized spacial score (nSPS) is 30.1. The number of carbonyl (C=O) groups excluding carboxylic acids is 1. The largest absolute Gasteiger partial charge is 0.497 e. The topological polar surface area (TPSA) is 53.9 Å². The number of nitrogens with one attached hydrogen (secondary N) is 1. The van der Waals surface area contributed by atoms with E-state index in [1.807, 2.05) is 30.3 Å². The van der Waals surface area contributed by atoms with Crippen LogP contribution in [-0.4, -0.2) is 42.3 Å². The van der Waals surface area contributed by atoms with Crippen LogP contribution in [0.3, 0.4) is 0 Å². The van der Waals surface area contributed by atoms with E-state index in [4.69, 9.17) is 9.73 Å². The summed E-state index contributed by atoms with van der Waals surface area (Å²) >= 11 is 0. The zero-order chi connectivity index (χ0) is 23.0. The van der Waals surface area contributed by atoms with Gasteiger partial charge in [0, 0.05) is 37.8 Å². The third-order valence-electron chi connectivity index (χ3n) is 7.86. The van der Waals surface area contributed by atoms with Gasteiger partial charge in [0.05, 0.1) is 7.11 Å². The quantitative estimate of drug-likeness (QED) is 0.659. The van der Waals surface area contributed by atoms with Crippen LogP contribution in [0.1, 0.15) is 37.8 Å². The van der Waals surface area contributed by atoms with Gasteiger partial charge in [-0.15, -0.1) is 0 Å². The lowest BCUT2D eigenvalue weighted by atomic mass is 9.59. The monoisotopic (exact) mass is 445 g/mol. The van der Waals surface area contributed by atoms with Crippen LogP contribution in [0.15, 0.2) is 59.6 Å². The minimum atomic E-state index is -0.671. The van der Waals surface area contributed by atoms with Crippen molar-refractivity contribution in [3.05, 3.63) is 65.7 Å². The molecule has 174 valence electrons. The number of methoxy groups -OCH3 is 1. The van der Waals surface area contributed by atoms with Crippen molar-refractivity contribution in [1.29, 1.82) is 0 Å². The molecule has 1 amide bonds. The van der Waals surface area contributed by atoms with Gasteiger partial charge in [-0.05, 0) is 53.9 Å². The Morgan fingerprint density at radius 1 is 1.15 bits per heavy atom. The van der Waals surface area contributed by atoms with Gasteiger partial charge in [-0.3, -0.25) is 14.7 Å². The molecule has 0 radical (unpaired) electrons.